The Morgan fingerprint density at radius 1 is 0.970 bits per heavy atom. The first-order chi connectivity index (χ1) is 15.8. The molecule has 0 bridgehead atoms. The molecule has 0 spiro atoms. The summed E-state index contributed by atoms with van der Waals surface area (Å²) in [6.07, 6.45) is -0.0913. The molecule has 0 heterocycles. The molecule has 0 aliphatic rings. The van der Waals surface area contributed by atoms with E-state index in [2.05, 4.69) is 5.32 Å². The van der Waals surface area contributed by atoms with Gasteiger partial charge in [0.1, 0.15) is 11.5 Å². The van der Waals surface area contributed by atoms with Gasteiger partial charge in [-0.05, 0) is 54.4 Å². The maximum absolute atomic E-state index is 13.3. The normalized spacial score (nSPS) is 12.3. The number of anilines is 1. The summed E-state index contributed by atoms with van der Waals surface area (Å²) in [7, 11) is 0.726. The van der Waals surface area contributed by atoms with Crippen molar-refractivity contribution in [3.63, 3.8) is 0 Å². The molecule has 1 atom stereocenters. The molecule has 8 heteroatoms. The largest absolute Gasteiger partial charge is 0.497 e. The molecule has 0 unspecified atom stereocenters. The first-order valence-corrected chi connectivity index (χ1v) is 11.8. The Morgan fingerprint density at radius 2 is 1.64 bits per heavy atom. The van der Waals surface area contributed by atoms with E-state index in [1.165, 1.54) is 30.6 Å². The minimum absolute atomic E-state index is 0.0913. The molecule has 0 aromatic heterocycles. The summed E-state index contributed by atoms with van der Waals surface area (Å²) in [5.41, 5.74) is 2.16. The number of carbonyl (C=O) groups excluding carboxylic acids is 1. The highest BCUT2D eigenvalue weighted by atomic mass is 32.2. The highest BCUT2D eigenvalue weighted by molar-refractivity contribution is 7.89. The number of aryl methyl sites for hydroxylation is 1. The highest BCUT2D eigenvalue weighted by Crippen LogP contribution is 2.31. The van der Waals surface area contributed by atoms with Gasteiger partial charge in [-0.2, -0.15) is 4.31 Å². The van der Waals surface area contributed by atoms with Crippen molar-refractivity contribution in [1.29, 1.82) is 0 Å². The maximum atomic E-state index is 13.3. The SMILES string of the molecule is COc1ccc([C@H](CC(=O)Nc2cc(C)ccc2OC)N(C)S(=O)(=O)c2ccccc2)cc1. The van der Waals surface area contributed by atoms with Crippen LogP contribution in [-0.2, 0) is 14.8 Å². The Bertz CT molecular complexity index is 1200. The predicted octanol–water partition coefficient (Wildman–Crippen LogP) is 4.40. The number of rotatable bonds is 9. The number of sulfonamides is 1. The highest BCUT2D eigenvalue weighted by Gasteiger charge is 2.31. The van der Waals surface area contributed by atoms with Crippen molar-refractivity contribution in [2.75, 3.05) is 26.6 Å². The van der Waals surface area contributed by atoms with E-state index in [9.17, 15) is 13.2 Å². The Kier molecular flexibility index (Phi) is 7.73. The van der Waals surface area contributed by atoms with Gasteiger partial charge in [0, 0.05) is 13.5 Å². The lowest BCUT2D eigenvalue weighted by molar-refractivity contribution is -0.117. The van der Waals surface area contributed by atoms with E-state index in [-0.39, 0.29) is 17.2 Å². The molecule has 3 aromatic rings. The van der Waals surface area contributed by atoms with E-state index in [0.29, 0.717) is 22.7 Å². The fourth-order valence-corrected chi connectivity index (χ4v) is 4.87. The van der Waals surface area contributed by atoms with Crippen molar-refractivity contribution in [3.05, 3.63) is 83.9 Å². The van der Waals surface area contributed by atoms with Gasteiger partial charge in [-0.25, -0.2) is 8.42 Å². The molecule has 0 radical (unpaired) electrons. The molecule has 7 nitrogen and oxygen atoms in total. The van der Waals surface area contributed by atoms with Crippen molar-refractivity contribution in [1.82, 2.24) is 4.31 Å². The van der Waals surface area contributed by atoms with Gasteiger partial charge in [-0.1, -0.05) is 36.4 Å². The van der Waals surface area contributed by atoms with Crippen LogP contribution in [0.5, 0.6) is 11.5 Å². The molecule has 0 saturated carbocycles. The lowest BCUT2D eigenvalue weighted by Crippen LogP contribution is -2.33. The maximum Gasteiger partial charge on any atom is 0.243 e. The summed E-state index contributed by atoms with van der Waals surface area (Å²) in [4.78, 5) is 13.2. The topological polar surface area (TPSA) is 84.9 Å². The fraction of sp³-hybridized carbons (Fsp3) is 0.240. The van der Waals surface area contributed by atoms with Gasteiger partial charge in [-0.3, -0.25) is 4.79 Å². The Labute approximate surface area is 195 Å². The van der Waals surface area contributed by atoms with E-state index in [1.807, 2.05) is 19.1 Å². The summed E-state index contributed by atoms with van der Waals surface area (Å²) in [5, 5.41) is 2.86. The van der Waals surface area contributed by atoms with Crippen molar-refractivity contribution in [3.8, 4) is 11.5 Å². The van der Waals surface area contributed by atoms with Crippen LogP contribution in [0.3, 0.4) is 0 Å². The molecule has 0 aliphatic heterocycles. The molecule has 3 rings (SSSR count). The van der Waals surface area contributed by atoms with Gasteiger partial charge in [0.15, 0.2) is 0 Å². The van der Waals surface area contributed by atoms with Crippen LogP contribution in [-0.4, -0.2) is 39.9 Å². The molecule has 3 aromatic carbocycles. The van der Waals surface area contributed by atoms with Crippen LogP contribution < -0.4 is 14.8 Å². The van der Waals surface area contributed by atoms with Crippen molar-refractivity contribution >= 4 is 21.6 Å². The molecule has 0 fully saturated rings. The number of hydrogen-bond donors (Lipinski definition) is 1. The van der Waals surface area contributed by atoms with E-state index >= 15 is 0 Å². The lowest BCUT2D eigenvalue weighted by Gasteiger charge is -2.28. The number of carbonyl (C=O) groups is 1. The van der Waals surface area contributed by atoms with Crippen LogP contribution >= 0.6 is 0 Å². The minimum Gasteiger partial charge on any atom is -0.497 e. The molecular weight excluding hydrogens is 440 g/mol. The Balaban J connectivity index is 1.93. The third-order valence-corrected chi connectivity index (χ3v) is 7.25. The molecule has 0 saturated heterocycles. The Morgan fingerprint density at radius 3 is 2.24 bits per heavy atom. The van der Waals surface area contributed by atoms with Crippen LogP contribution in [0.1, 0.15) is 23.6 Å². The van der Waals surface area contributed by atoms with Crippen LogP contribution in [0.2, 0.25) is 0 Å². The van der Waals surface area contributed by atoms with Gasteiger partial charge in [-0.15, -0.1) is 0 Å². The summed E-state index contributed by atoms with van der Waals surface area (Å²) >= 11 is 0. The average Bonchev–Trinajstić information content (AvgIpc) is 2.83. The lowest BCUT2D eigenvalue weighted by atomic mass is 10.0. The number of amides is 1. The zero-order valence-electron chi connectivity index (χ0n) is 19.1. The second-order valence-corrected chi connectivity index (χ2v) is 9.58. The van der Waals surface area contributed by atoms with E-state index in [0.717, 1.165) is 5.56 Å². The number of benzene rings is 3. The summed E-state index contributed by atoms with van der Waals surface area (Å²) in [5.74, 6) is 0.829. The van der Waals surface area contributed by atoms with E-state index < -0.39 is 16.1 Å². The van der Waals surface area contributed by atoms with Crippen molar-refractivity contribution in [2.45, 2.75) is 24.3 Å². The second-order valence-electron chi connectivity index (χ2n) is 7.58. The van der Waals surface area contributed by atoms with Gasteiger partial charge < -0.3 is 14.8 Å². The smallest absolute Gasteiger partial charge is 0.243 e. The first kappa shape index (κ1) is 24.3. The molecule has 0 aliphatic carbocycles. The Hall–Kier alpha value is -3.36. The van der Waals surface area contributed by atoms with Gasteiger partial charge in [0.05, 0.1) is 30.8 Å². The zero-order valence-corrected chi connectivity index (χ0v) is 19.9. The quantitative estimate of drug-likeness (QED) is 0.503. The predicted molar refractivity (Wildman–Crippen MR) is 128 cm³/mol. The van der Waals surface area contributed by atoms with Gasteiger partial charge in [0.2, 0.25) is 15.9 Å². The number of nitrogens with zero attached hydrogens (tertiary/aromatic N) is 1. The molecule has 33 heavy (non-hydrogen) atoms. The van der Waals surface area contributed by atoms with Crippen LogP contribution in [0, 0.1) is 6.92 Å². The fourth-order valence-electron chi connectivity index (χ4n) is 3.50. The summed E-state index contributed by atoms with van der Waals surface area (Å²) in [6.45, 7) is 1.91. The van der Waals surface area contributed by atoms with Gasteiger partial charge in [0.25, 0.3) is 0 Å². The van der Waals surface area contributed by atoms with Crippen LogP contribution in [0.25, 0.3) is 0 Å². The van der Waals surface area contributed by atoms with Crippen LogP contribution in [0.4, 0.5) is 5.69 Å². The summed E-state index contributed by atoms with van der Waals surface area (Å²) < 4.78 is 38.4. The number of hydrogen-bond acceptors (Lipinski definition) is 5. The summed E-state index contributed by atoms with van der Waals surface area (Å²) in [6, 6.07) is 19.9. The third-order valence-electron chi connectivity index (χ3n) is 5.37. The molecule has 1 amide bonds. The molecular formula is C25H28N2O5S. The third kappa shape index (κ3) is 5.71. The van der Waals surface area contributed by atoms with Crippen molar-refractivity contribution < 1.29 is 22.7 Å². The van der Waals surface area contributed by atoms with Gasteiger partial charge >= 0.3 is 0 Å². The van der Waals surface area contributed by atoms with E-state index in [1.54, 1.807) is 55.6 Å². The minimum atomic E-state index is -3.84. The van der Waals surface area contributed by atoms with E-state index in [4.69, 9.17) is 9.47 Å². The number of nitrogens with one attached hydrogen (secondary N) is 1. The van der Waals surface area contributed by atoms with Crippen LogP contribution in [0.15, 0.2) is 77.7 Å². The number of ether oxygens (including phenoxy) is 2. The standard InChI is InChI=1S/C25H28N2O5S/c1-18-10-15-24(32-4)22(16-18)26-25(28)17-23(19-11-13-20(31-3)14-12-19)27(2)33(29,30)21-8-6-5-7-9-21/h5-16,23H,17H2,1-4H3,(H,26,28)/t23-/m0/s1. The molecule has 1 N–H and O–H groups in total. The monoisotopic (exact) mass is 468 g/mol. The number of methoxy groups -OCH3 is 2. The van der Waals surface area contributed by atoms with Crippen molar-refractivity contribution in [2.24, 2.45) is 0 Å². The zero-order chi connectivity index (χ0) is 24.0. The first-order valence-electron chi connectivity index (χ1n) is 10.4. The molecule has 174 valence electrons. The second kappa shape index (κ2) is 10.5. The average molecular weight is 469 g/mol.